The smallest absolute Gasteiger partial charge is 0.409 e. The monoisotopic (exact) mass is 556 g/mol. The van der Waals surface area contributed by atoms with Crippen LogP contribution >= 0.6 is 11.3 Å². The van der Waals surface area contributed by atoms with Crippen LogP contribution in [-0.4, -0.2) is 73.8 Å². The van der Waals surface area contributed by atoms with Crippen molar-refractivity contribution in [1.82, 2.24) is 29.0 Å². The standard InChI is InChI=1S/C26H26F2N6O4S/c1-4-38-26(37)32-9-7-31(8-10-32)22(35)13-18-14-39-25-29-16(3)23(24(36)33(18)25)20-11-15(2)34(30-20)21-12-17(27)5-6-19(21)28/h5-6,11-12,14H,4,7-10,13H2,1-3H3. The Hall–Kier alpha value is -4.13. The fourth-order valence-corrected chi connectivity index (χ4v) is 5.56. The number of aryl methyl sites for hydroxylation is 2. The van der Waals surface area contributed by atoms with Crippen LogP contribution in [0.4, 0.5) is 13.6 Å². The zero-order chi connectivity index (χ0) is 27.8. The van der Waals surface area contributed by atoms with Crippen molar-refractivity contribution in [3.05, 3.63) is 68.7 Å². The number of amides is 2. The largest absolute Gasteiger partial charge is 0.450 e. The van der Waals surface area contributed by atoms with Crippen LogP contribution in [0.5, 0.6) is 0 Å². The van der Waals surface area contributed by atoms with Gasteiger partial charge in [-0.2, -0.15) is 5.10 Å². The molecule has 1 fully saturated rings. The van der Waals surface area contributed by atoms with Gasteiger partial charge in [0.1, 0.15) is 23.0 Å². The number of ether oxygens (including phenoxy) is 1. The number of carbonyl (C=O) groups excluding carboxylic acids is 2. The summed E-state index contributed by atoms with van der Waals surface area (Å²) >= 11 is 1.25. The second-order valence-corrected chi connectivity index (χ2v) is 9.98. The molecule has 2 amide bonds. The molecule has 1 aromatic carbocycles. The molecule has 1 saturated heterocycles. The number of nitrogens with zero attached hydrogens (tertiary/aromatic N) is 6. The fourth-order valence-electron chi connectivity index (χ4n) is 4.63. The van der Waals surface area contributed by atoms with E-state index in [2.05, 4.69) is 10.1 Å². The highest BCUT2D eigenvalue weighted by Gasteiger charge is 2.26. The topological polar surface area (TPSA) is 102 Å². The third-order valence-electron chi connectivity index (χ3n) is 6.59. The minimum absolute atomic E-state index is 0.0224. The van der Waals surface area contributed by atoms with Gasteiger partial charge in [-0.15, -0.1) is 11.3 Å². The number of hydrogen-bond donors (Lipinski definition) is 0. The molecule has 204 valence electrons. The van der Waals surface area contributed by atoms with E-state index in [-0.39, 0.29) is 35.9 Å². The van der Waals surface area contributed by atoms with E-state index in [1.165, 1.54) is 20.4 Å². The summed E-state index contributed by atoms with van der Waals surface area (Å²) in [5.41, 5.74) is 1.41. The summed E-state index contributed by atoms with van der Waals surface area (Å²) < 4.78 is 35.9. The number of benzene rings is 1. The minimum Gasteiger partial charge on any atom is -0.450 e. The van der Waals surface area contributed by atoms with Crippen LogP contribution in [0, 0.1) is 25.5 Å². The molecular weight excluding hydrogens is 530 g/mol. The number of carbonyl (C=O) groups is 2. The lowest BCUT2D eigenvalue weighted by Gasteiger charge is -2.34. The van der Waals surface area contributed by atoms with Crippen molar-refractivity contribution < 1.29 is 23.1 Å². The van der Waals surface area contributed by atoms with E-state index in [1.807, 2.05) is 0 Å². The Labute approximate surface area is 226 Å². The second kappa shape index (κ2) is 10.6. The number of aromatic nitrogens is 4. The average molecular weight is 557 g/mol. The van der Waals surface area contributed by atoms with Gasteiger partial charge in [0.25, 0.3) is 5.56 Å². The first-order chi connectivity index (χ1) is 18.7. The minimum atomic E-state index is -0.655. The predicted octanol–water partition coefficient (Wildman–Crippen LogP) is 3.35. The van der Waals surface area contributed by atoms with Crippen molar-refractivity contribution in [3.8, 4) is 16.9 Å². The Morgan fingerprint density at radius 1 is 1.08 bits per heavy atom. The van der Waals surface area contributed by atoms with E-state index in [9.17, 15) is 23.2 Å². The Bertz CT molecular complexity index is 1640. The van der Waals surface area contributed by atoms with E-state index >= 15 is 0 Å². The number of piperazine rings is 1. The third kappa shape index (κ3) is 5.01. The summed E-state index contributed by atoms with van der Waals surface area (Å²) in [6.45, 7) is 6.85. The van der Waals surface area contributed by atoms with Gasteiger partial charge in [0.15, 0.2) is 4.96 Å². The van der Waals surface area contributed by atoms with E-state index in [0.717, 1.165) is 18.2 Å². The van der Waals surface area contributed by atoms with Crippen LogP contribution in [-0.2, 0) is 16.0 Å². The molecule has 39 heavy (non-hydrogen) atoms. The number of halogens is 2. The number of fused-ring (bicyclic) bond motifs is 1. The molecule has 0 spiro atoms. The molecule has 5 rings (SSSR count). The van der Waals surface area contributed by atoms with Gasteiger partial charge in [-0.25, -0.2) is 23.2 Å². The van der Waals surface area contributed by atoms with Crippen molar-refractivity contribution in [2.24, 2.45) is 0 Å². The van der Waals surface area contributed by atoms with E-state index in [4.69, 9.17) is 4.74 Å². The number of rotatable bonds is 5. The Balaban J connectivity index is 1.43. The van der Waals surface area contributed by atoms with Gasteiger partial charge in [-0.05, 0) is 39.0 Å². The zero-order valence-electron chi connectivity index (χ0n) is 21.6. The molecule has 0 atom stereocenters. The molecule has 4 aromatic rings. The van der Waals surface area contributed by atoms with E-state index < -0.39 is 23.3 Å². The van der Waals surface area contributed by atoms with Crippen LogP contribution in [0.3, 0.4) is 0 Å². The normalized spacial score (nSPS) is 13.8. The molecule has 13 heteroatoms. The van der Waals surface area contributed by atoms with E-state index in [0.29, 0.717) is 48.2 Å². The molecular formula is C26H26F2N6O4S. The third-order valence-corrected chi connectivity index (χ3v) is 7.47. The molecule has 0 radical (unpaired) electrons. The number of hydrogen-bond acceptors (Lipinski definition) is 7. The summed E-state index contributed by atoms with van der Waals surface area (Å²) in [6.07, 6.45) is -0.419. The van der Waals surface area contributed by atoms with E-state index in [1.54, 1.807) is 42.0 Å². The summed E-state index contributed by atoms with van der Waals surface area (Å²) in [7, 11) is 0. The molecule has 0 aliphatic carbocycles. The summed E-state index contributed by atoms with van der Waals surface area (Å²) in [5, 5.41) is 6.13. The summed E-state index contributed by atoms with van der Waals surface area (Å²) in [4.78, 5) is 47.0. The summed E-state index contributed by atoms with van der Waals surface area (Å²) in [6, 6.07) is 4.69. The maximum Gasteiger partial charge on any atom is 0.409 e. The van der Waals surface area contributed by atoms with Crippen molar-refractivity contribution in [2.75, 3.05) is 32.8 Å². The molecule has 4 heterocycles. The lowest BCUT2D eigenvalue weighted by atomic mass is 10.1. The molecule has 0 N–H and O–H groups in total. The van der Waals surface area contributed by atoms with Crippen molar-refractivity contribution in [2.45, 2.75) is 27.2 Å². The summed E-state index contributed by atoms with van der Waals surface area (Å²) in [5.74, 6) is -1.44. The first-order valence-corrected chi connectivity index (χ1v) is 13.3. The molecule has 0 bridgehead atoms. The van der Waals surface area contributed by atoms with Crippen molar-refractivity contribution >= 4 is 28.3 Å². The first kappa shape index (κ1) is 26.5. The highest BCUT2D eigenvalue weighted by molar-refractivity contribution is 7.15. The van der Waals surface area contributed by atoms with Crippen LogP contribution in [0.1, 0.15) is 24.0 Å². The van der Waals surface area contributed by atoms with Crippen molar-refractivity contribution in [3.63, 3.8) is 0 Å². The molecule has 10 nitrogen and oxygen atoms in total. The SMILES string of the molecule is CCOC(=O)N1CCN(C(=O)Cc2csc3nc(C)c(-c4cc(C)n(-c5cc(F)ccc5F)n4)c(=O)n23)CC1. The quantitative estimate of drug-likeness (QED) is 0.374. The lowest BCUT2D eigenvalue weighted by molar-refractivity contribution is -0.132. The van der Waals surface area contributed by atoms with Crippen LogP contribution in [0.25, 0.3) is 21.9 Å². The predicted molar refractivity (Wildman–Crippen MR) is 140 cm³/mol. The van der Waals surface area contributed by atoms with Gasteiger partial charge in [0, 0.05) is 49.0 Å². The van der Waals surface area contributed by atoms with Crippen LogP contribution < -0.4 is 5.56 Å². The fraction of sp³-hybridized carbons (Fsp3) is 0.346. The molecule has 1 aliphatic heterocycles. The zero-order valence-corrected chi connectivity index (χ0v) is 22.4. The molecule has 0 saturated carbocycles. The second-order valence-electron chi connectivity index (χ2n) is 9.14. The maximum atomic E-state index is 14.4. The maximum absolute atomic E-state index is 14.4. The van der Waals surface area contributed by atoms with Gasteiger partial charge >= 0.3 is 6.09 Å². The Morgan fingerprint density at radius 2 is 1.79 bits per heavy atom. The molecule has 1 aliphatic rings. The lowest BCUT2D eigenvalue weighted by Crippen LogP contribution is -2.51. The van der Waals surface area contributed by atoms with Gasteiger partial charge < -0.3 is 14.5 Å². The Kier molecular flexibility index (Phi) is 7.17. The van der Waals surface area contributed by atoms with Gasteiger partial charge in [-0.3, -0.25) is 14.0 Å². The van der Waals surface area contributed by atoms with Crippen LogP contribution in [0.2, 0.25) is 0 Å². The molecule has 0 unspecified atom stereocenters. The number of thiazole rings is 1. The highest BCUT2D eigenvalue weighted by atomic mass is 32.1. The molecule has 3 aromatic heterocycles. The first-order valence-electron chi connectivity index (χ1n) is 12.4. The Morgan fingerprint density at radius 3 is 2.51 bits per heavy atom. The van der Waals surface area contributed by atoms with Gasteiger partial charge in [0.2, 0.25) is 5.91 Å². The highest BCUT2D eigenvalue weighted by Crippen LogP contribution is 2.25. The average Bonchev–Trinajstić information content (AvgIpc) is 3.48. The van der Waals surface area contributed by atoms with Crippen LogP contribution in [0.15, 0.2) is 34.4 Å². The van der Waals surface area contributed by atoms with Gasteiger partial charge in [-0.1, -0.05) is 0 Å². The van der Waals surface area contributed by atoms with Gasteiger partial charge in [0.05, 0.1) is 24.3 Å². The van der Waals surface area contributed by atoms with Crippen molar-refractivity contribution in [1.29, 1.82) is 0 Å².